The molecule has 3 aromatic rings. The van der Waals surface area contributed by atoms with Crippen molar-refractivity contribution in [1.29, 1.82) is 0 Å². The molecule has 1 aromatic heterocycles. The Balaban J connectivity index is 1.75. The molecule has 0 atom stereocenters. The third-order valence-corrected chi connectivity index (χ3v) is 5.07. The van der Waals surface area contributed by atoms with Gasteiger partial charge in [-0.2, -0.15) is 0 Å². The lowest BCUT2D eigenvalue weighted by atomic mass is 10.1. The van der Waals surface area contributed by atoms with Gasteiger partial charge in [0.05, 0.1) is 12.0 Å². The van der Waals surface area contributed by atoms with Crippen LogP contribution in [0.3, 0.4) is 0 Å². The lowest BCUT2D eigenvalue weighted by Crippen LogP contribution is -2.15. The molecule has 0 saturated heterocycles. The van der Waals surface area contributed by atoms with Crippen LogP contribution in [0, 0.1) is 13.8 Å². The van der Waals surface area contributed by atoms with E-state index in [9.17, 15) is 9.59 Å². The molecule has 3 rings (SSSR count). The maximum absolute atomic E-state index is 12.8. The van der Waals surface area contributed by atoms with Crippen LogP contribution in [-0.4, -0.2) is 19.2 Å². The largest absolute Gasteiger partial charge is 0.482 e. The zero-order valence-electron chi connectivity index (χ0n) is 17.1. The highest BCUT2D eigenvalue weighted by molar-refractivity contribution is 6.32. The molecule has 0 fully saturated rings. The monoisotopic (exact) mass is 430 g/mol. The maximum atomic E-state index is 12.8. The van der Waals surface area contributed by atoms with Crippen molar-refractivity contribution < 1.29 is 23.4 Å². The zero-order chi connectivity index (χ0) is 21.7. The van der Waals surface area contributed by atoms with E-state index in [1.54, 1.807) is 30.3 Å². The number of hydrogen-bond acceptors (Lipinski definition) is 6. The fourth-order valence-corrected chi connectivity index (χ4v) is 2.97. The van der Waals surface area contributed by atoms with Crippen molar-refractivity contribution in [3.63, 3.8) is 0 Å². The van der Waals surface area contributed by atoms with Crippen molar-refractivity contribution in [3.05, 3.63) is 63.0 Å². The molecule has 30 heavy (non-hydrogen) atoms. The molecular formula is C23H23ClO6. The van der Waals surface area contributed by atoms with Crippen molar-refractivity contribution in [3.8, 4) is 17.2 Å². The second-order valence-corrected chi connectivity index (χ2v) is 7.30. The Morgan fingerprint density at radius 1 is 1.10 bits per heavy atom. The Kier molecular flexibility index (Phi) is 7.00. The average Bonchev–Trinajstić information content (AvgIpc) is 2.72. The summed E-state index contributed by atoms with van der Waals surface area (Å²) in [5.74, 6) is 0.525. The van der Waals surface area contributed by atoms with Gasteiger partial charge in [-0.3, -0.25) is 4.79 Å². The van der Waals surface area contributed by atoms with Crippen molar-refractivity contribution >= 4 is 28.5 Å². The van der Waals surface area contributed by atoms with Gasteiger partial charge in [-0.15, -0.1) is 0 Å². The molecule has 0 amide bonds. The summed E-state index contributed by atoms with van der Waals surface area (Å²) >= 11 is 6.18. The molecule has 0 unspecified atom stereocenters. The van der Waals surface area contributed by atoms with Crippen LogP contribution in [-0.2, 0) is 9.53 Å². The quantitative estimate of drug-likeness (QED) is 0.343. The van der Waals surface area contributed by atoms with E-state index in [0.29, 0.717) is 34.1 Å². The molecule has 0 spiro atoms. The van der Waals surface area contributed by atoms with Gasteiger partial charge in [0.25, 0.3) is 0 Å². The van der Waals surface area contributed by atoms with E-state index in [2.05, 4.69) is 0 Å². The predicted molar refractivity (Wildman–Crippen MR) is 115 cm³/mol. The molecule has 0 N–H and O–H groups in total. The molecule has 0 bridgehead atoms. The Morgan fingerprint density at radius 3 is 2.53 bits per heavy atom. The highest BCUT2D eigenvalue weighted by Gasteiger charge is 2.12. The van der Waals surface area contributed by atoms with E-state index < -0.39 is 5.97 Å². The van der Waals surface area contributed by atoms with Crippen LogP contribution in [0.5, 0.6) is 17.2 Å². The van der Waals surface area contributed by atoms with E-state index in [1.807, 2.05) is 20.8 Å². The van der Waals surface area contributed by atoms with Gasteiger partial charge in [0.2, 0.25) is 11.2 Å². The Labute approximate surface area is 179 Å². The van der Waals surface area contributed by atoms with Gasteiger partial charge in [0, 0.05) is 11.1 Å². The van der Waals surface area contributed by atoms with Crippen LogP contribution < -0.4 is 14.9 Å². The van der Waals surface area contributed by atoms with Crippen molar-refractivity contribution in [2.24, 2.45) is 0 Å². The number of carbonyl (C=O) groups excluding carboxylic acids is 1. The van der Waals surface area contributed by atoms with Crippen LogP contribution in [0.4, 0.5) is 0 Å². The first-order chi connectivity index (χ1) is 14.4. The standard InChI is InChI=1S/C23H23ClO6/c1-4-5-8-27-21(25)13-28-16-6-7-18-19(11-16)29-12-20(23(18)26)30-17-9-14(2)22(24)15(3)10-17/h6-7,9-12H,4-5,8,13H2,1-3H3. The molecule has 2 aromatic carbocycles. The first kappa shape index (κ1) is 21.7. The van der Waals surface area contributed by atoms with Crippen LogP contribution in [0.1, 0.15) is 30.9 Å². The number of unbranched alkanes of at least 4 members (excludes halogenated alkanes) is 1. The van der Waals surface area contributed by atoms with Gasteiger partial charge in [-0.25, -0.2) is 4.79 Å². The minimum Gasteiger partial charge on any atom is -0.482 e. The van der Waals surface area contributed by atoms with Crippen LogP contribution in [0.15, 0.2) is 45.8 Å². The molecule has 1 heterocycles. The van der Waals surface area contributed by atoms with Gasteiger partial charge in [-0.05, 0) is 55.7 Å². The van der Waals surface area contributed by atoms with Gasteiger partial charge >= 0.3 is 5.97 Å². The predicted octanol–water partition coefficient (Wildman–Crippen LogP) is 5.58. The van der Waals surface area contributed by atoms with Gasteiger partial charge in [0.15, 0.2) is 6.61 Å². The van der Waals surface area contributed by atoms with E-state index >= 15 is 0 Å². The third-order valence-electron chi connectivity index (χ3n) is 4.47. The summed E-state index contributed by atoms with van der Waals surface area (Å²) in [5.41, 5.74) is 1.72. The van der Waals surface area contributed by atoms with E-state index in [1.165, 1.54) is 6.26 Å². The minimum absolute atomic E-state index is 0.0665. The van der Waals surface area contributed by atoms with Crippen LogP contribution in [0.25, 0.3) is 11.0 Å². The number of fused-ring (bicyclic) bond motifs is 1. The summed E-state index contributed by atoms with van der Waals surface area (Å²) in [6, 6.07) is 8.24. The Bertz CT molecular complexity index is 1100. The fourth-order valence-electron chi connectivity index (χ4n) is 2.86. The van der Waals surface area contributed by atoms with Crippen molar-refractivity contribution in [2.75, 3.05) is 13.2 Å². The molecule has 0 aliphatic rings. The van der Waals surface area contributed by atoms with Crippen molar-refractivity contribution in [1.82, 2.24) is 0 Å². The summed E-state index contributed by atoms with van der Waals surface area (Å²) < 4.78 is 21.8. The Morgan fingerprint density at radius 2 is 1.83 bits per heavy atom. The van der Waals surface area contributed by atoms with Gasteiger partial charge in [0.1, 0.15) is 23.3 Å². The second kappa shape index (κ2) is 9.67. The third kappa shape index (κ3) is 5.13. The fraction of sp³-hybridized carbons (Fsp3) is 0.304. The molecule has 7 heteroatoms. The second-order valence-electron chi connectivity index (χ2n) is 6.92. The average molecular weight is 431 g/mol. The number of aryl methyl sites for hydroxylation is 2. The smallest absolute Gasteiger partial charge is 0.344 e. The lowest BCUT2D eigenvalue weighted by molar-refractivity contribution is -0.146. The first-order valence-corrected chi connectivity index (χ1v) is 10.1. The van der Waals surface area contributed by atoms with Crippen LogP contribution >= 0.6 is 11.6 Å². The molecule has 158 valence electrons. The lowest BCUT2D eigenvalue weighted by Gasteiger charge is -2.10. The van der Waals surface area contributed by atoms with Gasteiger partial charge in [-0.1, -0.05) is 24.9 Å². The summed E-state index contributed by atoms with van der Waals surface area (Å²) in [4.78, 5) is 24.4. The molecule has 0 aliphatic carbocycles. The molecule has 0 radical (unpaired) electrons. The topological polar surface area (TPSA) is 75.0 Å². The van der Waals surface area contributed by atoms with E-state index in [4.69, 9.17) is 30.2 Å². The van der Waals surface area contributed by atoms with Gasteiger partial charge < -0.3 is 18.6 Å². The Hall–Kier alpha value is -2.99. The summed E-state index contributed by atoms with van der Waals surface area (Å²) in [6.07, 6.45) is 3.01. The molecule has 6 nitrogen and oxygen atoms in total. The molecule has 0 aliphatic heterocycles. The normalized spacial score (nSPS) is 10.8. The number of carbonyl (C=O) groups is 1. The maximum Gasteiger partial charge on any atom is 0.344 e. The minimum atomic E-state index is -0.442. The number of hydrogen-bond donors (Lipinski definition) is 0. The summed E-state index contributed by atoms with van der Waals surface area (Å²) in [5, 5.41) is 1.00. The molecular weight excluding hydrogens is 408 g/mol. The highest BCUT2D eigenvalue weighted by atomic mass is 35.5. The first-order valence-electron chi connectivity index (χ1n) is 9.67. The number of ether oxygens (including phenoxy) is 3. The SMILES string of the molecule is CCCCOC(=O)COc1ccc2c(=O)c(Oc3cc(C)c(Cl)c(C)c3)coc2c1. The summed E-state index contributed by atoms with van der Waals surface area (Å²) in [6.45, 7) is 5.91. The number of esters is 1. The zero-order valence-corrected chi connectivity index (χ0v) is 17.9. The van der Waals surface area contributed by atoms with E-state index in [-0.39, 0.29) is 17.8 Å². The number of halogens is 1. The van der Waals surface area contributed by atoms with Crippen molar-refractivity contribution in [2.45, 2.75) is 33.6 Å². The number of rotatable bonds is 8. The number of benzene rings is 2. The van der Waals surface area contributed by atoms with Crippen LogP contribution in [0.2, 0.25) is 5.02 Å². The highest BCUT2D eigenvalue weighted by Crippen LogP contribution is 2.29. The molecule has 0 saturated carbocycles. The van der Waals surface area contributed by atoms with E-state index in [0.717, 1.165) is 24.0 Å². The summed E-state index contributed by atoms with van der Waals surface area (Å²) in [7, 11) is 0.